The van der Waals surface area contributed by atoms with Gasteiger partial charge in [-0.3, -0.25) is 4.79 Å². The number of rotatable bonds is 2. The molecule has 0 aromatic carbocycles. The van der Waals surface area contributed by atoms with Crippen LogP contribution in [0.2, 0.25) is 0 Å². The van der Waals surface area contributed by atoms with Crippen LogP contribution in [0.5, 0.6) is 0 Å². The Morgan fingerprint density at radius 3 is 2.50 bits per heavy atom. The summed E-state index contributed by atoms with van der Waals surface area (Å²) >= 11 is 0. The SMILES string of the molecule is CCC1=C(C)C(=O)NC1(C)OC. The number of carbonyl (C=O) groups is 1. The number of amides is 1. The fraction of sp³-hybridized carbons (Fsp3) is 0.667. The lowest BCUT2D eigenvalue weighted by Crippen LogP contribution is -2.43. The van der Waals surface area contributed by atoms with Gasteiger partial charge in [0.2, 0.25) is 5.91 Å². The first-order valence-electron chi connectivity index (χ1n) is 4.13. The highest BCUT2D eigenvalue weighted by molar-refractivity contribution is 5.97. The molecule has 0 radical (unpaired) electrons. The first-order valence-corrected chi connectivity index (χ1v) is 4.13. The van der Waals surface area contributed by atoms with E-state index in [1.807, 2.05) is 20.8 Å². The average molecular weight is 169 g/mol. The fourth-order valence-electron chi connectivity index (χ4n) is 1.66. The van der Waals surface area contributed by atoms with Crippen LogP contribution in [-0.2, 0) is 9.53 Å². The van der Waals surface area contributed by atoms with E-state index >= 15 is 0 Å². The maximum atomic E-state index is 11.3. The zero-order valence-corrected chi connectivity index (χ0v) is 8.02. The molecule has 1 heterocycles. The normalized spacial score (nSPS) is 29.5. The predicted octanol–water partition coefficient (Wildman–Crippen LogP) is 1.21. The molecular formula is C9H15NO2. The Morgan fingerprint density at radius 1 is 1.58 bits per heavy atom. The minimum Gasteiger partial charge on any atom is -0.355 e. The van der Waals surface area contributed by atoms with Crippen LogP contribution >= 0.6 is 0 Å². The number of methoxy groups -OCH3 is 1. The zero-order valence-electron chi connectivity index (χ0n) is 8.02. The Morgan fingerprint density at radius 2 is 2.17 bits per heavy atom. The van der Waals surface area contributed by atoms with E-state index in [2.05, 4.69) is 5.32 Å². The minimum atomic E-state index is -0.573. The predicted molar refractivity (Wildman–Crippen MR) is 46.5 cm³/mol. The van der Waals surface area contributed by atoms with E-state index < -0.39 is 5.72 Å². The second kappa shape index (κ2) is 2.90. The van der Waals surface area contributed by atoms with Gasteiger partial charge in [-0.1, -0.05) is 6.92 Å². The van der Waals surface area contributed by atoms with Crippen LogP contribution in [0.15, 0.2) is 11.1 Å². The van der Waals surface area contributed by atoms with Crippen LogP contribution in [-0.4, -0.2) is 18.7 Å². The summed E-state index contributed by atoms with van der Waals surface area (Å²) in [5.74, 6) is -0.0174. The molecule has 1 amide bonds. The molecule has 1 aliphatic heterocycles. The highest BCUT2D eigenvalue weighted by atomic mass is 16.5. The molecule has 0 bridgehead atoms. The maximum absolute atomic E-state index is 11.3. The molecule has 3 heteroatoms. The second-order valence-corrected chi connectivity index (χ2v) is 3.15. The summed E-state index contributed by atoms with van der Waals surface area (Å²) in [7, 11) is 1.61. The summed E-state index contributed by atoms with van der Waals surface area (Å²) in [6, 6.07) is 0. The Balaban J connectivity index is 3.06. The van der Waals surface area contributed by atoms with Gasteiger partial charge in [0.25, 0.3) is 0 Å². The van der Waals surface area contributed by atoms with Crippen molar-refractivity contribution in [3.8, 4) is 0 Å². The van der Waals surface area contributed by atoms with Gasteiger partial charge in [0.1, 0.15) is 0 Å². The quantitative estimate of drug-likeness (QED) is 0.674. The van der Waals surface area contributed by atoms with Gasteiger partial charge in [0.05, 0.1) is 0 Å². The lowest BCUT2D eigenvalue weighted by Gasteiger charge is -2.25. The van der Waals surface area contributed by atoms with Crippen LogP contribution in [0.1, 0.15) is 27.2 Å². The molecule has 0 aromatic rings. The van der Waals surface area contributed by atoms with Gasteiger partial charge in [0, 0.05) is 12.7 Å². The van der Waals surface area contributed by atoms with Crippen molar-refractivity contribution in [3.63, 3.8) is 0 Å². The first kappa shape index (κ1) is 9.26. The summed E-state index contributed by atoms with van der Waals surface area (Å²) < 4.78 is 5.25. The number of ether oxygens (including phenoxy) is 1. The van der Waals surface area contributed by atoms with E-state index in [1.54, 1.807) is 7.11 Å². The smallest absolute Gasteiger partial charge is 0.249 e. The van der Waals surface area contributed by atoms with Gasteiger partial charge in [0.15, 0.2) is 5.72 Å². The lowest BCUT2D eigenvalue weighted by atomic mass is 10.0. The van der Waals surface area contributed by atoms with Gasteiger partial charge in [-0.25, -0.2) is 0 Å². The molecule has 3 nitrogen and oxygen atoms in total. The summed E-state index contributed by atoms with van der Waals surface area (Å²) in [4.78, 5) is 11.3. The molecule has 1 unspecified atom stereocenters. The topological polar surface area (TPSA) is 38.3 Å². The molecular weight excluding hydrogens is 154 g/mol. The first-order chi connectivity index (χ1) is 5.55. The van der Waals surface area contributed by atoms with E-state index in [1.165, 1.54) is 0 Å². The Bertz CT molecular complexity index is 245. The number of carbonyl (C=O) groups excluding carboxylic acids is 1. The molecule has 0 saturated carbocycles. The molecule has 0 aliphatic carbocycles. The molecule has 1 aliphatic rings. The van der Waals surface area contributed by atoms with Crippen LogP contribution in [0.4, 0.5) is 0 Å². The molecule has 0 aromatic heterocycles. The number of hydrogen-bond acceptors (Lipinski definition) is 2. The van der Waals surface area contributed by atoms with Crippen molar-refractivity contribution in [3.05, 3.63) is 11.1 Å². The van der Waals surface area contributed by atoms with Crippen molar-refractivity contribution in [2.24, 2.45) is 0 Å². The molecule has 0 fully saturated rings. The highest BCUT2D eigenvalue weighted by Crippen LogP contribution is 2.29. The van der Waals surface area contributed by atoms with Crippen molar-refractivity contribution in [1.29, 1.82) is 0 Å². The summed E-state index contributed by atoms with van der Waals surface area (Å²) in [5, 5.41) is 2.80. The summed E-state index contributed by atoms with van der Waals surface area (Å²) in [5.41, 5.74) is 1.27. The third-order valence-corrected chi connectivity index (χ3v) is 2.48. The lowest BCUT2D eigenvalue weighted by molar-refractivity contribution is -0.121. The largest absolute Gasteiger partial charge is 0.355 e. The van der Waals surface area contributed by atoms with Crippen molar-refractivity contribution < 1.29 is 9.53 Å². The van der Waals surface area contributed by atoms with Crippen LogP contribution in [0.25, 0.3) is 0 Å². The molecule has 12 heavy (non-hydrogen) atoms. The standard InChI is InChI=1S/C9H15NO2/c1-5-7-6(2)8(11)10-9(7,3)12-4/h5H2,1-4H3,(H,10,11). The third kappa shape index (κ3) is 1.14. The fourth-order valence-corrected chi connectivity index (χ4v) is 1.66. The second-order valence-electron chi connectivity index (χ2n) is 3.15. The van der Waals surface area contributed by atoms with Crippen molar-refractivity contribution in [2.45, 2.75) is 32.9 Å². The van der Waals surface area contributed by atoms with E-state index in [4.69, 9.17) is 4.74 Å². The van der Waals surface area contributed by atoms with Gasteiger partial charge in [-0.05, 0) is 25.8 Å². The Labute approximate surface area is 72.8 Å². The van der Waals surface area contributed by atoms with Crippen LogP contribution in [0, 0.1) is 0 Å². The van der Waals surface area contributed by atoms with Gasteiger partial charge in [-0.2, -0.15) is 0 Å². The Hall–Kier alpha value is -0.830. The molecule has 1 N–H and O–H groups in total. The van der Waals surface area contributed by atoms with Crippen LogP contribution < -0.4 is 5.32 Å². The van der Waals surface area contributed by atoms with E-state index in [0.717, 1.165) is 17.6 Å². The van der Waals surface area contributed by atoms with Crippen molar-refractivity contribution in [2.75, 3.05) is 7.11 Å². The summed E-state index contributed by atoms with van der Waals surface area (Å²) in [6.45, 7) is 5.73. The molecule has 1 atom stereocenters. The van der Waals surface area contributed by atoms with E-state index in [-0.39, 0.29) is 5.91 Å². The number of nitrogens with one attached hydrogen (secondary N) is 1. The van der Waals surface area contributed by atoms with Gasteiger partial charge in [-0.15, -0.1) is 0 Å². The summed E-state index contributed by atoms with van der Waals surface area (Å²) in [6.07, 6.45) is 0.842. The van der Waals surface area contributed by atoms with Gasteiger partial charge < -0.3 is 10.1 Å². The zero-order chi connectivity index (χ0) is 9.35. The highest BCUT2D eigenvalue weighted by Gasteiger charge is 2.38. The third-order valence-electron chi connectivity index (χ3n) is 2.48. The van der Waals surface area contributed by atoms with E-state index in [9.17, 15) is 4.79 Å². The molecule has 0 saturated heterocycles. The molecule has 0 spiro atoms. The minimum absolute atomic E-state index is 0.0174. The van der Waals surface area contributed by atoms with Crippen molar-refractivity contribution in [1.82, 2.24) is 5.32 Å². The number of hydrogen-bond donors (Lipinski definition) is 1. The monoisotopic (exact) mass is 169 g/mol. The maximum Gasteiger partial charge on any atom is 0.249 e. The van der Waals surface area contributed by atoms with E-state index in [0.29, 0.717) is 0 Å². The van der Waals surface area contributed by atoms with Crippen LogP contribution in [0.3, 0.4) is 0 Å². The average Bonchev–Trinajstić information content (AvgIpc) is 2.25. The molecule has 1 rings (SSSR count). The van der Waals surface area contributed by atoms with Gasteiger partial charge >= 0.3 is 0 Å². The Kier molecular flexibility index (Phi) is 2.24. The molecule has 68 valence electrons. The van der Waals surface area contributed by atoms with Crippen molar-refractivity contribution >= 4 is 5.91 Å².